The van der Waals surface area contributed by atoms with Crippen LogP contribution in [0.1, 0.15) is 25.0 Å². The van der Waals surface area contributed by atoms with Crippen LogP contribution in [0, 0.1) is 17.7 Å². The highest BCUT2D eigenvalue weighted by Crippen LogP contribution is 2.22. The largest absolute Gasteiger partial charge is 0.345 e. The number of nitrogens with one attached hydrogen (secondary N) is 1. The lowest BCUT2D eigenvalue weighted by Gasteiger charge is -2.06. The summed E-state index contributed by atoms with van der Waals surface area (Å²) in [6.45, 7) is 4.50. The Morgan fingerprint density at radius 1 is 1.17 bits per heavy atom. The zero-order chi connectivity index (χ0) is 17.4. The van der Waals surface area contributed by atoms with Crippen LogP contribution in [-0.2, 0) is 11.2 Å². The third kappa shape index (κ3) is 6.10. The lowest BCUT2D eigenvalue weighted by molar-refractivity contribution is -0.120. The van der Waals surface area contributed by atoms with E-state index in [0.717, 1.165) is 5.56 Å². The van der Waals surface area contributed by atoms with E-state index >= 15 is 0 Å². The van der Waals surface area contributed by atoms with Gasteiger partial charge in [0, 0.05) is 10.1 Å². The van der Waals surface area contributed by atoms with E-state index in [1.165, 1.54) is 11.0 Å². The van der Waals surface area contributed by atoms with Crippen molar-refractivity contribution < 1.29 is 9.18 Å². The Morgan fingerprint density at radius 2 is 1.88 bits per heavy atom. The van der Waals surface area contributed by atoms with E-state index in [0.29, 0.717) is 17.2 Å². The first-order valence-corrected chi connectivity index (χ1v) is 8.68. The summed E-state index contributed by atoms with van der Waals surface area (Å²) in [5.74, 6) is 5.03. The van der Waals surface area contributed by atoms with Gasteiger partial charge in [-0.3, -0.25) is 4.79 Å². The molecule has 0 radical (unpaired) electrons. The van der Waals surface area contributed by atoms with Gasteiger partial charge in [0.25, 0.3) is 0 Å². The van der Waals surface area contributed by atoms with E-state index in [-0.39, 0.29) is 18.3 Å². The summed E-state index contributed by atoms with van der Waals surface area (Å²) in [5.41, 5.74) is 1.30. The maximum absolute atomic E-state index is 13.4. The zero-order valence-electron chi connectivity index (χ0n) is 13.8. The molecular formula is C20H20FNOS. The molecule has 0 fully saturated rings. The molecule has 0 aliphatic heterocycles. The van der Waals surface area contributed by atoms with Gasteiger partial charge >= 0.3 is 0 Å². The van der Waals surface area contributed by atoms with Crippen molar-refractivity contribution in [3.8, 4) is 11.8 Å². The van der Waals surface area contributed by atoms with E-state index in [9.17, 15) is 9.18 Å². The fourth-order valence-electron chi connectivity index (χ4n) is 2.05. The Morgan fingerprint density at radius 3 is 2.54 bits per heavy atom. The molecule has 0 aliphatic carbocycles. The second kappa shape index (κ2) is 9.14. The summed E-state index contributed by atoms with van der Waals surface area (Å²) in [6.07, 6.45) is 0.313. The number of hydrogen-bond donors (Lipinski definition) is 1. The van der Waals surface area contributed by atoms with Crippen LogP contribution in [0.3, 0.4) is 0 Å². The lowest BCUT2D eigenvalue weighted by atomic mass is 10.1. The van der Waals surface area contributed by atoms with Crippen molar-refractivity contribution in [2.75, 3.05) is 6.54 Å². The molecule has 1 N–H and O–H groups in total. The Labute approximate surface area is 146 Å². The molecule has 0 aliphatic rings. The average molecular weight is 341 g/mol. The molecule has 0 saturated carbocycles. The number of amides is 1. The predicted molar refractivity (Wildman–Crippen MR) is 97.4 cm³/mol. The van der Waals surface area contributed by atoms with Gasteiger partial charge in [-0.1, -0.05) is 50.0 Å². The minimum atomic E-state index is -0.351. The molecule has 2 nitrogen and oxygen atoms in total. The molecule has 0 spiro atoms. The topological polar surface area (TPSA) is 29.1 Å². The lowest BCUT2D eigenvalue weighted by Crippen LogP contribution is -2.25. The molecule has 124 valence electrons. The monoisotopic (exact) mass is 341 g/mol. The minimum absolute atomic E-state index is 0.0953. The van der Waals surface area contributed by atoms with Crippen molar-refractivity contribution in [2.24, 2.45) is 0 Å². The normalized spacial score (nSPS) is 10.2. The fraction of sp³-hybridized carbons (Fsp3) is 0.250. The molecule has 0 heterocycles. The van der Waals surface area contributed by atoms with Gasteiger partial charge < -0.3 is 5.32 Å². The number of hydrogen-bond acceptors (Lipinski definition) is 2. The maximum atomic E-state index is 13.4. The zero-order valence-corrected chi connectivity index (χ0v) is 14.6. The van der Waals surface area contributed by atoms with Crippen LogP contribution in [0.4, 0.5) is 4.39 Å². The summed E-state index contributed by atoms with van der Waals surface area (Å²) in [4.78, 5) is 13.1. The second-order valence-corrected chi connectivity index (χ2v) is 7.20. The Bertz CT molecular complexity index is 744. The first-order valence-electron chi connectivity index (χ1n) is 7.80. The standard InChI is InChI=1S/C20H20FNOS/c1-15(2)24-18-11-9-16(10-12-18)14-20(23)22-13-5-7-17-6-3-4-8-19(17)21/h3-4,6,8-12,15H,13-14H2,1-2H3,(H,22,23). The third-order valence-corrected chi connectivity index (χ3v) is 4.15. The van der Waals surface area contributed by atoms with Gasteiger partial charge in [-0.2, -0.15) is 0 Å². The van der Waals surface area contributed by atoms with Crippen LogP contribution in [-0.4, -0.2) is 17.7 Å². The highest BCUT2D eigenvalue weighted by Gasteiger charge is 2.03. The highest BCUT2D eigenvalue weighted by atomic mass is 32.2. The highest BCUT2D eigenvalue weighted by molar-refractivity contribution is 7.99. The first-order chi connectivity index (χ1) is 11.5. The molecule has 0 saturated heterocycles. The Hall–Kier alpha value is -2.25. The van der Waals surface area contributed by atoms with E-state index in [2.05, 4.69) is 31.0 Å². The van der Waals surface area contributed by atoms with Crippen LogP contribution in [0.15, 0.2) is 53.4 Å². The molecule has 0 bridgehead atoms. The van der Waals surface area contributed by atoms with Gasteiger partial charge in [-0.05, 0) is 29.8 Å². The number of benzene rings is 2. The fourth-order valence-corrected chi connectivity index (χ4v) is 2.89. The smallest absolute Gasteiger partial charge is 0.225 e. The van der Waals surface area contributed by atoms with Crippen molar-refractivity contribution in [1.29, 1.82) is 0 Å². The van der Waals surface area contributed by atoms with Crippen molar-refractivity contribution in [3.63, 3.8) is 0 Å². The number of thioether (sulfide) groups is 1. The quantitative estimate of drug-likeness (QED) is 0.657. The van der Waals surface area contributed by atoms with Crippen molar-refractivity contribution in [2.45, 2.75) is 30.4 Å². The summed E-state index contributed by atoms with van der Waals surface area (Å²) in [6, 6.07) is 14.3. The van der Waals surface area contributed by atoms with Crippen LogP contribution >= 0.6 is 11.8 Å². The summed E-state index contributed by atoms with van der Waals surface area (Å²) >= 11 is 1.79. The molecule has 0 atom stereocenters. The van der Waals surface area contributed by atoms with E-state index in [1.54, 1.807) is 30.0 Å². The van der Waals surface area contributed by atoms with Gasteiger partial charge in [0.2, 0.25) is 5.91 Å². The minimum Gasteiger partial charge on any atom is -0.345 e. The number of carbonyl (C=O) groups is 1. The maximum Gasteiger partial charge on any atom is 0.225 e. The molecule has 2 aromatic carbocycles. The number of rotatable bonds is 5. The van der Waals surface area contributed by atoms with Gasteiger partial charge in [0.1, 0.15) is 5.82 Å². The van der Waals surface area contributed by atoms with E-state index in [1.807, 2.05) is 24.3 Å². The molecule has 2 rings (SSSR count). The molecule has 0 aromatic heterocycles. The van der Waals surface area contributed by atoms with Gasteiger partial charge in [-0.25, -0.2) is 4.39 Å². The van der Waals surface area contributed by atoms with E-state index < -0.39 is 0 Å². The third-order valence-electron chi connectivity index (χ3n) is 3.13. The van der Waals surface area contributed by atoms with Crippen molar-refractivity contribution in [1.82, 2.24) is 5.32 Å². The van der Waals surface area contributed by atoms with E-state index in [4.69, 9.17) is 0 Å². The predicted octanol–water partition coefficient (Wildman–Crippen LogP) is 4.04. The van der Waals surface area contributed by atoms with Gasteiger partial charge in [-0.15, -0.1) is 11.8 Å². The van der Waals surface area contributed by atoms with Crippen molar-refractivity contribution in [3.05, 3.63) is 65.5 Å². The molecule has 24 heavy (non-hydrogen) atoms. The molecule has 4 heteroatoms. The first kappa shape index (κ1) is 18.1. The Balaban J connectivity index is 1.80. The summed E-state index contributed by atoms with van der Waals surface area (Å²) < 4.78 is 13.4. The number of carbonyl (C=O) groups excluding carboxylic acids is 1. The average Bonchev–Trinajstić information content (AvgIpc) is 2.54. The molecular weight excluding hydrogens is 321 g/mol. The van der Waals surface area contributed by atoms with Gasteiger partial charge in [0.05, 0.1) is 18.5 Å². The number of halogens is 1. The van der Waals surface area contributed by atoms with Crippen molar-refractivity contribution >= 4 is 17.7 Å². The SMILES string of the molecule is CC(C)Sc1ccc(CC(=O)NCC#Cc2ccccc2F)cc1. The van der Waals surface area contributed by atoms with Crippen LogP contribution in [0.25, 0.3) is 0 Å². The molecule has 1 amide bonds. The molecule has 2 aromatic rings. The van der Waals surface area contributed by atoms with Crippen LogP contribution < -0.4 is 5.32 Å². The second-order valence-electron chi connectivity index (χ2n) is 5.55. The van der Waals surface area contributed by atoms with Gasteiger partial charge in [0.15, 0.2) is 0 Å². The Kier molecular flexibility index (Phi) is 6.89. The van der Waals surface area contributed by atoms with Crippen LogP contribution in [0.5, 0.6) is 0 Å². The summed E-state index contributed by atoms with van der Waals surface area (Å²) in [7, 11) is 0. The van der Waals surface area contributed by atoms with Crippen LogP contribution in [0.2, 0.25) is 0 Å². The summed E-state index contributed by atoms with van der Waals surface area (Å²) in [5, 5.41) is 3.26. The molecule has 0 unspecified atom stereocenters.